The highest BCUT2D eigenvalue weighted by Gasteiger charge is 2.57. The Labute approximate surface area is 113 Å². The lowest BCUT2D eigenvalue weighted by atomic mass is 10.1. The predicted octanol–water partition coefficient (Wildman–Crippen LogP) is 2.40. The van der Waals surface area contributed by atoms with Gasteiger partial charge >= 0.3 is 12.6 Å². The van der Waals surface area contributed by atoms with Crippen LogP contribution in [-0.4, -0.2) is 23.6 Å². The number of benzene rings is 1. The molecule has 0 atom stereocenters. The summed E-state index contributed by atoms with van der Waals surface area (Å²) in [6.45, 7) is -1.38. The second kappa shape index (κ2) is 5.07. The standard InChI is InChI=1S/C13H13F2NO4/c1-7-2-3-8(6-9(7)20-12(14)15)16-10(17)13(4-5-13)11(18)19/h2-3,6,12H,4-5H2,1H3,(H,16,17)(H,18,19). The number of halogens is 2. The third-order valence-corrected chi connectivity index (χ3v) is 3.26. The van der Waals surface area contributed by atoms with Crippen molar-refractivity contribution in [1.82, 2.24) is 0 Å². The fraction of sp³-hybridized carbons (Fsp3) is 0.385. The maximum atomic E-state index is 12.2. The molecule has 20 heavy (non-hydrogen) atoms. The number of nitrogens with one attached hydrogen (secondary N) is 1. The molecule has 0 saturated heterocycles. The lowest BCUT2D eigenvalue weighted by Gasteiger charge is -2.13. The van der Waals surface area contributed by atoms with Crippen LogP contribution in [0.1, 0.15) is 18.4 Å². The highest BCUT2D eigenvalue weighted by atomic mass is 19.3. The fourth-order valence-electron chi connectivity index (χ4n) is 1.81. The number of hydrogen-bond donors (Lipinski definition) is 2. The molecule has 1 amide bonds. The van der Waals surface area contributed by atoms with Crippen LogP contribution in [0.5, 0.6) is 5.75 Å². The maximum absolute atomic E-state index is 12.2. The minimum atomic E-state index is -2.96. The zero-order chi connectivity index (χ0) is 14.9. The number of carboxylic acids is 1. The number of alkyl halides is 2. The van der Waals surface area contributed by atoms with Gasteiger partial charge in [0.25, 0.3) is 0 Å². The number of carbonyl (C=O) groups is 2. The average molecular weight is 285 g/mol. The number of ether oxygens (including phenoxy) is 1. The Kier molecular flexibility index (Phi) is 3.61. The van der Waals surface area contributed by atoms with Crippen LogP contribution < -0.4 is 10.1 Å². The lowest BCUT2D eigenvalue weighted by molar-refractivity contribution is -0.147. The molecule has 1 fully saturated rings. The molecule has 1 saturated carbocycles. The third kappa shape index (κ3) is 2.71. The summed E-state index contributed by atoms with van der Waals surface area (Å²) in [6, 6.07) is 4.26. The van der Waals surface area contributed by atoms with Crippen molar-refractivity contribution in [2.45, 2.75) is 26.4 Å². The van der Waals surface area contributed by atoms with Gasteiger partial charge in [0, 0.05) is 11.8 Å². The first-order valence-electron chi connectivity index (χ1n) is 5.95. The molecule has 0 heterocycles. The quantitative estimate of drug-likeness (QED) is 0.814. The molecule has 0 bridgehead atoms. The average Bonchev–Trinajstić information content (AvgIpc) is 3.14. The number of carboxylic acid groups (broad SMARTS) is 1. The van der Waals surface area contributed by atoms with Gasteiger partial charge in [0.2, 0.25) is 5.91 Å². The molecule has 1 aromatic rings. The molecule has 2 rings (SSSR count). The summed E-state index contributed by atoms with van der Waals surface area (Å²) in [5, 5.41) is 11.4. The van der Waals surface area contributed by atoms with Crippen LogP contribution in [-0.2, 0) is 9.59 Å². The molecular formula is C13H13F2NO4. The fourth-order valence-corrected chi connectivity index (χ4v) is 1.81. The SMILES string of the molecule is Cc1ccc(NC(=O)C2(C(=O)O)CC2)cc1OC(F)F. The summed E-state index contributed by atoms with van der Waals surface area (Å²) < 4.78 is 28.7. The summed E-state index contributed by atoms with van der Waals surface area (Å²) in [4.78, 5) is 22.9. The molecule has 1 aliphatic carbocycles. The number of carbonyl (C=O) groups excluding carboxylic acids is 1. The number of rotatable bonds is 5. The summed E-state index contributed by atoms with van der Waals surface area (Å²) in [5.41, 5.74) is -0.666. The van der Waals surface area contributed by atoms with Gasteiger partial charge in [-0.05, 0) is 31.4 Å². The Morgan fingerprint density at radius 3 is 2.55 bits per heavy atom. The van der Waals surface area contributed by atoms with Crippen molar-refractivity contribution < 1.29 is 28.2 Å². The molecule has 0 spiro atoms. The van der Waals surface area contributed by atoms with Crippen LogP contribution in [0.25, 0.3) is 0 Å². The van der Waals surface area contributed by atoms with Crippen LogP contribution in [0, 0.1) is 12.3 Å². The number of amides is 1. The number of hydrogen-bond acceptors (Lipinski definition) is 3. The van der Waals surface area contributed by atoms with Gasteiger partial charge in [-0.15, -0.1) is 0 Å². The Bertz CT molecular complexity index is 555. The van der Waals surface area contributed by atoms with Crippen molar-refractivity contribution in [1.29, 1.82) is 0 Å². The van der Waals surface area contributed by atoms with Gasteiger partial charge in [0.05, 0.1) is 0 Å². The predicted molar refractivity (Wildman–Crippen MR) is 65.7 cm³/mol. The molecule has 5 nitrogen and oxygen atoms in total. The molecular weight excluding hydrogens is 272 g/mol. The van der Waals surface area contributed by atoms with Crippen molar-refractivity contribution in [2.24, 2.45) is 5.41 Å². The van der Waals surface area contributed by atoms with E-state index in [9.17, 15) is 18.4 Å². The van der Waals surface area contributed by atoms with Crippen molar-refractivity contribution >= 4 is 17.6 Å². The van der Waals surface area contributed by atoms with E-state index in [0.29, 0.717) is 5.56 Å². The van der Waals surface area contributed by atoms with E-state index in [1.54, 1.807) is 6.92 Å². The summed E-state index contributed by atoms with van der Waals surface area (Å²) in [7, 11) is 0. The van der Waals surface area contributed by atoms with E-state index in [1.165, 1.54) is 18.2 Å². The summed E-state index contributed by atoms with van der Waals surface area (Å²) >= 11 is 0. The van der Waals surface area contributed by atoms with Gasteiger partial charge in [0.15, 0.2) is 0 Å². The van der Waals surface area contributed by atoms with Crippen molar-refractivity contribution in [3.8, 4) is 5.75 Å². The van der Waals surface area contributed by atoms with Crippen LogP contribution in [0.4, 0.5) is 14.5 Å². The van der Waals surface area contributed by atoms with Gasteiger partial charge in [-0.25, -0.2) is 0 Å². The zero-order valence-corrected chi connectivity index (χ0v) is 10.7. The minimum Gasteiger partial charge on any atom is -0.480 e. The van der Waals surface area contributed by atoms with Gasteiger partial charge < -0.3 is 15.2 Å². The van der Waals surface area contributed by atoms with E-state index < -0.39 is 23.9 Å². The van der Waals surface area contributed by atoms with Gasteiger partial charge in [-0.1, -0.05) is 6.07 Å². The van der Waals surface area contributed by atoms with Crippen LogP contribution >= 0.6 is 0 Å². The molecule has 0 aliphatic heterocycles. The molecule has 0 radical (unpaired) electrons. The Morgan fingerprint density at radius 2 is 2.05 bits per heavy atom. The molecule has 1 aliphatic rings. The highest BCUT2D eigenvalue weighted by molar-refractivity contribution is 6.10. The van der Waals surface area contributed by atoms with Gasteiger partial charge in [-0.3, -0.25) is 9.59 Å². The molecule has 0 aromatic heterocycles. The normalized spacial score (nSPS) is 15.8. The second-order valence-electron chi connectivity index (χ2n) is 4.70. The highest BCUT2D eigenvalue weighted by Crippen LogP contribution is 2.46. The second-order valence-corrected chi connectivity index (χ2v) is 4.70. The number of anilines is 1. The van der Waals surface area contributed by atoms with Crippen LogP contribution in [0.2, 0.25) is 0 Å². The first-order valence-corrected chi connectivity index (χ1v) is 5.95. The Morgan fingerprint density at radius 1 is 1.40 bits per heavy atom. The molecule has 108 valence electrons. The van der Waals surface area contributed by atoms with Crippen LogP contribution in [0.3, 0.4) is 0 Å². The smallest absolute Gasteiger partial charge is 0.387 e. The summed E-state index contributed by atoms with van der Waals surface area (Å²) in [5.74, 6) is -1.87. The summed E-state index contributed by atoms with van der Waals surface area (Å²) in [6.07, 6.45) is 0.556. The molecule has 2 N–H and O–H groups in total. The maximum Gasteiger partial charge on any atom is 0.387 e. The number of aliphatic carboxylic acids is 1. The molecule has 7 heteroatoms. The van der Waals surface area contributed by atoms with E-state index in [2.05, 4.69) is 10.1 Å². The lowest BCUT2D eigenvalue weighted by Crippen LogP contribution is -2.31. The largest absolute Gasteiger partial charge is 0.480 e. The number of aryl methyl sites for hydroxylation is 1. The van der Waals surface area contributed by atoms with E-state index in [4.69, 9.17) is 5.11 Å². The van der Waals surface area contributed by atoms with Crippen molar-refractivity contribution in [3.05, 3.63) is 23.8 Å². The minimum absolute atomic E-state index is 0.0574. The van der Waals surface area contributed by atoms with Crippen LogP contribution in [0.15, 0.2) is 18.2 Å². The Balaban J connectivity index is 2.14. The monoisotopic (exact) mass is 285 g/mol. The van der Waals surface area contributed by atoms with E-state index in [-0.39, 0.29) is 24.3 Å². The first kappa shape index (κ1) is 14.2. The molecule has 1 aromatic carbocycles. The topological polar surface area (TPSA) is 75.6 Å². The van der Waals surface area contributed by atoms with Gasteiger partial charge in [-0.2, -0.15) is 8.78 Å². The zero-order valence-electron chi connectivity index (χ0n) is 10.7. The Hall–Kier alpha value is -2.18. The van der Waals surface area contributed by atoms with E-state index in [0.717, 1.165) is 0 Å². The van der Waals surface area contributed by atoms with Gasteiger partial charge in [0.1, 0.15) is 11.2 Å². The first-order chi connectivity index (χ1) is 9.35. The van der Waals surface area contributed by atoms with Crippen molar-refractivity contribution in [3.63, 3.8) is 0 Å². The van der Waals surface area contributed by atoms with Crippen molar-refractivity contribution in [2.75, 3.05) is 5.32 Å². The van der Waals surface area contributed by atoms with E-state index in [1.807, 2.05) is 0 Å². The third-order valence-electron chi connectivity index (χ3n) is 3.26. The molecule has 0 unspecified atom stereocenters. The van der Waals surface area contributed by atoms with E-state index >= 15 is 0 Å².